The molecule has 1 aromatic heterocycles. The summed E-state index contributed by atoms with van der Waals surface area (Å²) < 4.78 is 0. The fourth-order valence-corrected chi connectivity index (χ4v) is 1.98. The second-order valence-corrected chi connectivity index (χ2v) is 4.82. The Morgan fingerprint density at radius 1 is 1.25 bits per heavy atom. The van der Waals surface area contributed by atoms with E-state index >= 15 is 0 Å². The Morgan fingerprint density at radius 2 is 1.95 bits per heavy atom. The Hall–Kier alpha value is -1.85. The van der Waals surface area contributed by atoms with Gasteiger partial charge in [0, 0.05) is 12.6 Å². The highest BCUT2D eigenvalue weighted by atomic mass is 16.6. The average molecular weight is 280 g/mol. The predicted octanol–water partition coefficient (Wildman–Crippen LogP) is 3.80. The number of rotatable bonds is 9. The van der Waals surface area contributed by atoms with Crippen LogP contribution in [-0.4, -0.2) is 22.5 Å². The van der Waals surface area contributed by atoms with Crippen LogP contribution in [0.1, 0.15) is 46.5 Å². The van der Waals surface area contributed by atoms with Crippen molar-refractivity contribution in [2.24, 2.45) is 0 Å². The second-order valence-electron chi connectivity index (χ2n) is 4.82. The summed E-state index contributed by atoms with van der Waals surface area (Å²) in [6.07, 6.45) is 4.01. The molecular formula is C14H24N4O2. The van der Waals surface area contributed by atoms with Gasteiger partial charge in [-0.1, -0.05) is 27.2 Å². The van der Waals surface area contributed by atoms with E-state index in [4.69, 9.17) is 0 Å². The maximum Gasteiger partial charge on any atom is 0.276 e. The molecule has 0 radical (unpaired) electrons. The fraction of sp³-hybridized carbons (Fsp3) is 0.643. The minimum Gasteiger partial charge on any atom is -0.370 e. The summed E-state index contributed by atoms with van der Waals surface area (Å²) in [5, 5.41) is 17.4. The average Bonchev–Trinajstić information content (AvgIpc) is 2.44. The quantitative estimate of drug-likeness (QED) is 0.531. The number of hydrogen-bond donors (Lipinski definition) is 2. The monoisotopic (exact) mass is 280 g/mol. The molecule has 6 heteroatoms. The largest absolute Gasteiger partial charge is 0.370 e. The highest BCUT2D eigenvalue weighted by Gasteiger charge is 2.13. The molecule has 0 aliphatic heterocycles. The smallest absolute Gasteiger partial charge is 0.276 e. The summed E-state index contributed by atoms with van der Waals surface area (Å²) in [6.45, 7) is 7.01. The lowest BCUT2D eigenvalue weighted by atomic mass is 10.1. The summed E-state index contributed by atoms with van der Waals surface area (Å²) in [6, 6.07) is 3.27. The van der Waals surface area contributed by atoms with E-state index < -0.39 is 0 Å². The summed E-state index contributed by atoms with van der Waals surface area (Å²) >= 11 is 0. The van der Waals surface area contributed by atoms with Crippen molar-refractivity contribution in [2.75, 3.05) is 17.2 Å². The van der Waals surface area contributed by atoms with Gasteiger partial charge in [0.05, 0.1) is 17.1 Å². The van der Waals surface area contributed by atoms with Crippen molar-refractivity contribution in [1.29, 1.82) is 0 Å². The number of nitrogens with one attached hydrogen (secondary N) is 2. The lowest BCUT2D eigenvalue weighted by molar-refractivity contribution is -0.384. The summed E-state index contributed by atoms with van der Waals surface area (Å²) in [7, 11) is 0. The highest BCUT2D eigenvalue weighted by Crippen LogP contribution is 2.22. The van der Waals surface area contributed by atoms with Crippen LogP contribution in [0.25, 0.3) is 0 Å². The van der Waals surface area contributed by atoms with Gasteiger partial charge in [0.15, 0.2) is 0 Å². The van der Waals surface area contributed by atoms with E-state index in [0.29, 0.717) is 17.7 Å². The topological polar surface area (TPSA) is 80.1 Å². The first-order valence-electron chi connectivity index (χ1n) is 7.27. The van der Waals surface area contributed by atoms with Crippen molar-refractivity contribution in [3.8, 4) is 0 Å². The number of nitro groups is 1. The lowest BCUT2D eigenvalue weighted by Gasteiger charge is -2.17. The minimum absolute atomic E-state index is 0.0625. The first kappa shape index (κ1) is 16.2. The zero-order valence-electron chi connectivity index (χ0n) is 12.5. The first-order valence-corrected chi connectivity index (χ1v) is 7.27. The number of anilines is 2. The van der Waals surface area contributed by atoms with Crippen LogP contribution in [0, 0.1) is 10.1 Å². The van der Waals surface area contributed by atoms with Crippen LogP contribution >= 0.6 is 0 Å². The van der Waals surface area contributed by atoms with Crippen LogP contribution in [-0.2, 0) is 0 Å². The maximum absolute atomic E-state index is 11.0. The van der Waals surface area contributed by atoms with Gasteiger partial charge in [0.2, 0.25) is 0 Å². The molecule has 0 spiro atoms. The molecule has 6 nitrogen and oxygen atoms in total. The van der Waals surface area contributed by atoms with Gasteiger partial charge in [-0.2, -0.15) is 0 Å². The Morgan fingerprint density at radius 3 is 2.50 bits per heavy atom. The molecule has 1 heterocycles. The fourth-order valence-electron chi connectivity index (χ4n) is 1.98. The number of pyridine rings is 1. The zero-order valence-corrected chi connectivity index (χ0v) is 12.5. The Kier molecular flexibility index (Phi) is 6.76. The molecule has 0 aliphatic carbocycles. The number of hydrogen-bond acceptors (Lipinski definition) is 5. The minimum atomic E-state index is -0.384. The van der Waals surface area contributed by atoms with Crippen molar-refractivity contribution < 1.29 is 4.92 Å². The molecule has 0 saturated heterocycles. The van der Waals surface area contributed by atoms with Crippen LogP contribution in [0.5, 0.6) is 0 Å². The molecule has 1 atom stereocenters. The summed E-state index contributed by atoms with van der Waals surface area (Å²) in [4.78, 5) is 15.0. The van der Waals surface area contributed by atoms with E-state index in [0.717, 1.165) is 32.2 Å². The molecule has 0 aliphatic rings. The zero-order chi connectivity index (χ0) is 15.0. The van der Waals surface area contributed by atoms with Crippen molar-refractivity contribution in [1.82, 2.24) is 4.98 Å². The third-order valence-corrected chi connectivity index (χ3v) is 3.06. The van der Waals surface area contributed by atoms with Crippen molar-refractivity contribution in [3.63, 3.8) is 0 Å². The van der Waals surface area contributed by atoms with Gasteiger partial charge in [0.25, 0.3) is 5.69 Å². The Labute approximate surface area is 120 Å². The molecular weight excluding hydrogens is 256 g/mol. The van der Waals surface area contributed by atoms with Crippen LogP contribution in [0.2, 0.25) is 0 Å². The summed E-state index contributed by atoms with van der Waals surface area (Å²) in [5.41, 5.74) is 0.0625. The summed E-state index contributed by atoms with van der Waals surface area (Å²) in [5.74, 6) is 1.12. The van der Waals surface area contributed by atoms with E-state index in [1.54, 1.807) is 0 Å². The molecule has 0 aromatic carbocycles. The molecule has 0 saturated carbocycles. The molecule has 2 N–H and O–H groups in total. The van der Waals surface area contributed by atoms with Gasteiger partial charge >= 0.3 is 0 Å². The number of aromatic nitrogens is 1. The maximum atomic E-state index is 11.0. The SMILES string of the molecule is CCCNc1cc([N+](=O)[O-])cc(NC(CC)CCC)n1. The predicted molar refractivity (Wildman–Crippen MR) is 82.3 cm³/mol. The molecule has 0 fully saturated rings. The molecule has 0 amide bonds. The standard InChI is InChI=1S/C14H24N4O2/c1-4-7-11(6-3)16-14-10-12(18(19)20)9-13(17-14)15-8-5-2/h9-11H,4-8H2,1-3H3,(H2,15,16,17). The number of nitrogens with zero attached hydrogens (tertiary/aromatic N) is 2. The van der Waals surface area contributed by atoms with E-state index in [9.17, 15) is 10.1 Å². The normalized spacial score (nSPS) is 11.9. The lowest BCUT2D eigenvalue weighted by Crippen LogP contribution is -2.19. The van der Waals surface area contributed by atoms with E-state index in [2.05, 4.69) is 29.5 Å². The van der Waals surface area contributed by atoms with Gasteiger partial charge in [0.1, 0.15) is 11.6 Å². The van der Waals surface area contributed by atoms with Gasteiger partial charge in [-0.25, -0.2) is 4.98 Å². The van der Waals surface area contributed by atoms with Gasteiger partial charge in [-0.3, -0.25) is 10.1 Å². The van der Waals surface area contributed by atoms with Crippen LogP contribution in [0.4, 0.5) is 17.3 Å². The van der Waals surface area contributed by atoms with Crippen molar-refractivity contribution >= 4 is 17.3 Å². The Balaban J connectivity index is 2.92. The third-order valence-electron chi connectivity index (χ3n) is 3.06. The van der Waals surface area contributed by atoms with Gasteiger partial charge in [-0.15, -0.1) is 0 Å². The van der Waals surface area contributed by atoms with Crippen LogP contribution in [0.3, 0.4) is 0 Å². The molecule has 1 unspecified atom stereocenters. The van der Waals surface area contributed by atoms with Crippen LogP contribution < -0.4 is 10.6 Å². The molecule has 1 rings (SSSR count). The molecule has 112 valence electrons. The van der Waals surface area contributed by atoms with E-state index in [1.807, 2.05) is 6.92 Å². The van der Waals surface area contributed by atoms with E-state index in [-0.39, 0.29) is 10.6 Å². The van der Waals surface area contributed by atoms with Gasteiger partial charge < -0.3 is 10.6 Å². The second kappa shape index (κ2) is 8.35. The van der Waals surface area contributed by atoms with E-state index in [1.165, 1.54) is 12.1 Å². The van der Waals surface area contributed by atoms with Crippen molar-refractivity contribution in [3.05, 3.63) is 22.2 Å². The Bertz CT molecular complexity index is 437. The molecule has 20 heavy (non-hydrogen) atoms. The molecule has 1 aromatic rings. The third kappa shape index (κ3) is 5.03. The highest BCUT2D eigenvalue weighted by molar-refractivity contribution is 5.55. The van der Waals surface area contributed by atoms with Crippen LogP contribution in [0.15, 0.2) is 12.1 Å². The molecule has 0 bridgehead atoms. The first-order chi connectivity index (χ1) is 9.60. The van der Waals surface area contributed by atoms with Gasteiger partial charge in [-0.05, 0) is 19.3 Å². The van der Waals surface area contributed by atoms with Crippen molar-refractivity contribution in [2.45, 2.75) is 52.5 Å².